The molecule has 31 heavy (non-hydrogen) atoms. The van der Waals surface area contributed by atoms with E-state index in [2.05, 4.69) is 15.6 Å². The van der Waals surface area contributed by atoms with Crippen LogP contribution in [0.5, 0.6) is 0 Å². The molecule has 2 N–H and O–H groups in total. The zero-order valence-electron chi connectivity index (χ0n) is 17.0. The highest BCUT2D eigenvalue weighted by Crippen LogP contribution is 2.34. The standard InChI is InChI=1S/C22H21Cl2N3O4/c1-27-17-8-7-16(23)20(24)15(17)10-18(27)21(29)25-22(11-31-12-22)14-5-3-13(4-6-14)9-19(28)26-30-2/h3-8,10H,9,11-12H2,1-2H3,(H,25,29)(H,26,28). The highest BCUT2D eigenvalue weighted by molar-refractivity contribution is 6.45. The van der Waals surface area contributed by atoms with E-state index in [9.17, 15) is 9.59 Å². The molecular formula is C22H21Cl2N3O4. The highest BCUT2D eigenvalue weighted by Gasteiger charge is 2.42. The van der Waals surface area contributed by atoms with Gasteiger partial charge in [0.25, 0.3) is 5.91 Å². The molecule has 9 heteroatoms. The van der Waals surface area contributed by atoms with Gasteiger partial charge in [-0.25, -0.2) is 5.48 Å². The summed E-state index contributed by atoms with van der Waals surface area (Å²) < 4.78 is 7.23. The number of halogens is 2. The average Bonchev–Trinajstić information content (AvgIpc) is 3.06. The summed E-state index contributed by atoms with van der Waals surface area (Å²) in [5.74, 6) is -0.475. The zero-order valence-corrected chi connectivity index (χ0v) is 18.5. The van der Waals surface area contributed by atoms with Crippen LogP contribution in [0.25, 0.3) is 10.9 Å². The maximum absolute atomic E-state index is 13.2. The lowest BCUT2D eigenvalue weighted by Crippen LogP contribution is -2.59. The van der Waals surface area contributed by atoms with Crippen LogP contribution in [-0.4, -0.2) is 36.7 Å². The van der Waals surface area contributed by atoms with E-state index >= 15 is 0 Å². The molecule has 1 aliphatic rings. The van der Waals surface area contributed by atoms with Gasteiger partial charge in [-0.05, 0) is 29.3 Å². The monoisotopic (exact) mass is 461 g/mol. The van der Waals surface area contributed by atoms with Crippen LogP contribution in [-0.2, 0) is 33.4 Å². The predicted molar refractivity (Wildman–Crippen MR) is 118 cm³/mol. The minimum atomic E-state index is -0.637. The first-order valence-electron chi connectivity index (χ1n) is 9.59. The van der Waals surface area contributed by atoms with Crippen LogP contribution in [0.15, 0.2) is 42.5 Å². The Labute approximate surface area is 189 Å². The molecule has 2 heterocycles. The van der Waals surface area contributed by atoms with Crippen molar-refractivity contribution in [2.75, 3.05) is 20.3 Å². The lowest BCUT2D eigenvalue weighted by Gasteiger charge is -2.42. The van der Waals surface area contributed by atoms with Crippen LogP contribution < -0.4 is 10.8 Å². The van der Waals surface area contributed by atoms with Gasteiger partial charge in [0.05, 0.1) is 36.8 Å². The van der Waals surface area contributed by atoms with Crippen molar-refractivity contribution in [3.63, 3.8) is 0 Å². The molecule has 1 aromatic heterocycles. The third kappa shape index (κ3) is 4.02. The number of fused-ring (bicyclic) bond motifs is 1. The fourth-order valence-corrected chi connectivity index (χ4v) is 4.12. The molecule has 2 amide bonds. The van der Waals surface area contributed by atoms with Crippen molar-refractivity contribution in [3.05, 3.63) is 69.3 Å². The normalized spacial score (nSPS) is 14.8. The van der Waals surface area contributed by atoms with Crippen molar-refractivity contribution in [1.82, 2.24) is 15.4 Å². The fourth-order valence-electron chi connectivity index (χ4n) is 3.74. The van der Waals surface area contributed by atoms with Gasteiger partial charge in [-0.2, -0.15) is 0 Å². The van der Waals surface area contributed by atoms with Crippen molar-refractivity contribution in [3.8, 4) is 0 Å². The summed E-state index contributed by atoms with van der Waals surface area (Å²) in [6.07, 6.45) is 0.198. The molecule has 162 valence electrons. The molecule has 0 radical (unpaired) electrons. The van der Waals surface area contributed by atoms with E-state index in [1.54, 1.807) is 16.7 Å². The van der Waals surface area contributed by atoms with E-state index in [1.165, 1.54) is 7.11 Å². The molecule has 0 bridgehead atoms. The number of carbonyl (C=O) groups excluding carboxylic acids is 2. The van der Waals surface area contributed by atoms with Gasteiger partial charge in [0.15, 0.2) is 0 Å². The summed E-state index contributed by atoms with van der Waals surface area (Å²) in [6.45, 7) is 0.720. The van der Waals surface area contributed by atoms with E-state index in [1.807, 2.05) is 37.4 Å². The molecule has 0 saturated carbocycles. The number of benzene rings is 2. The van der Waals surface area contributed by atoms with Gasteiger partial charge in [0.2, 0.25) is 5.91 Å². The Bertz CT molecular complexity index is 1150. The van der Waals surface area contributed by atoms with Gasteiger partial charge in [-0.1, -0.05) is 47.5 Å². The van der Waals surface area contributed by atoms with Gasteiger partial charge in [-0.15, -0.1) is 0 Å². The number of aromatic nitrogens is 1. The molecule has 0 unspecified atom stereocenters. The molecule has 1 aliphatic heterocycles. The number of amides is 2. The van der Waals surface area contributed by atoms with Crippen molar-refractivity contribution >= 4 is 45.9 Å². The average molecular weight is 462 g/mol. The zero-order chi connectivity index (χ0) is 22.2. The van der Waals surface area contributed by atoms with Crippen LogP contribution in [0, 0.1) is 0 Å². The first kappa shape index (κ1) is 21.6. The Morgan fingerprint density at radius 1 is 1.16 bits per heavy atom. The molecule has 3 aromatic rings. The highest BCUT2D eigenvalue weighted by atomic mass is 35.5. The molecule has 7 nitrogen and oxygen atoms in total. The van der Waals surface area contributed by atoms with Crippen molar-refractivity contribution in [1.29, 1.82) is 0 Å². The quantitative estimate of drug-likeness (QED) is 0.551. The van der Waals surface area contributed by atoms with Crippen molar-refractivity contribution in [2.45, 2.75) is 12.0 Å². The number of hydrogen-bond acceptors (Lipinski definition) is 4. The maximum Gasteiger partial charge on any atom is 0.268 e. The number of carbonyl (C=O) groups is 2. The number of nitrogens with one attached hydrogen (secondary N) is 2. The van der Waals surface area contributed by atoms with E-state index in [-0.39, 0.29) is 18.2 Å². The van der Waals surface area contributed by atoms with Gasteiger partial charge in [-0.3, -0.25) is 14.4 Å². The Morgan fingerprint density at radius 2 is 1.87 bits per heavy atom. The summed E-state index contributed by atoms with van der Waals surface area (Å²) >= 11 is 12.4. The van der Waals surface area contributed by atoms with Crippen molar-refractivity contribution in [2.24, 2.45) is 7.05 Å². The summed E-state index contributed by atoms with van der Waals surface area (Å²) in [6, 6.07) is 12.8. The van der Waals surface area contributed by atoms with Gasteiger partial charge >= 0.3 is 0 Å². The summed E-state index contributed by atoms with van der Waals surface area (Å²) in [5, 5.41) is 4.70. The Hall–Kier alpha value is -2.58. The van der Waals surface area contributed by atoms with Gasteiger partial charge in [0, 0.05) is 18.0 Å². The Balaban J connectivity index is 1.57. The number of ether oxygens (including phenoxy) is 1. The van der Waals surface area contributed by atoms with E-state index < -0.39 is 5.54 Å². The lowest BCUT2D eigenvalue weighted by molar-refractivity contribution is -0.130. The fraction of sp³-hybridized carbons (Fsp3) is 0.273. The van der Waals surface area contributed by atoms with Crippen LogP contribution in [0.2, 0.25) is 10.0 Å². The summed E-state index contributed by atoms with van der Waals surface area (Å²) in [5.41, 5.74) is 4.68. The molecule has 0 atom stereocenters. The van der Waals surface area contributed by atoms with Gasteiger partial charge < -0.3 is 14.6 Å². The first-order valence-corrected chi connectivity index (χ1v) is 10.3. The van der Waals surface area contributed by atoms with Crippen molar-refractivity contribution < 1.29 is 19.2 Å². The maximum atomic E-state index is 13.2. The molecule has 1 saturated heterocycles. The van der Waals surface area contributed by atoms with E-state index in [4.69, 9.17) is 27.9 Å². The Kier molecular flexibility index (Phi) is 5.94. The molecule has 4 rings (SSSR count). The van der Waals surface area contributed by atoms with Gasteiger partial charge in [0.1, 0.15) is 11.2 Å². The number of hydrogen-bond donors (Lipinski definition) is 2. The lowest BCUT2D eigenvalue weighted by atomic mass is 9.87. The number of nitrogens with zero attached hydrogens (tertiary/aromatic N) is 1. The smallest absolute Gasteiger partial charge is 0.268 e. The van der Waals surface area contributed by atoms with E-state index in [0.717, 1.165) is 22.0 Å². The third-order valence-electron chi connectivity index (χ3n) is 5.48. The minimum Gasteiger partial charge on any atom is -0.376 e. The molecule has 0 aliphatic carbocycles. The SMILES string of the molecule is CONC(=O)Cc1ccc(C2(NC(=O)c3cc4c(Cl)c(Cl)ccc4n3C)COC2)cc1. The molecule has 2 aromatic carbocycles. The van der Waals surface area contributed by atoms with Crippen LogP contribution >= 0.6 is 23.2 Å². The number of hydroxylamine groups is 1. The number of rotatable bonds is 6. The molecule has 1 fully saturated rings. The summed E-state index contributed by atoms with van der Waals surface area (Å²) in [4.78, 5) is 29.5. The second-order valence-electron chi connectivity index (χ2n) is 7.51. The Morgan fingerprint density at radius 3 is 2.48 bits per heavy atom. The largest absolute Gasteiger partial charge is 0.376 e. The first-order chi connectivity index (χ1) is 14.8. The molecular weight excluding hydrogens is 441 g/mol. The van der Waals surface area contributed by atoms with E-state index in [0.29, 0.717) is 29.0 Å². The molecule has 0 spiro atoms. The summed E-state index contributed by atoms with van der Waals surface area (Å²) in [7, 11) is 3.20. The number of aryl methyl sites for hydroxylation is 1. The van der Waals surface area contributed by atoms with Crippen LogP contribution in [0.4, 0.5) is 0 Å². The third-order valence-corrected chi connectivity index (χ3v) is 6.30. The van der Waals surface area contributed by atoms with Crippen LogP contribution in [0.3, 0.4) is 0 Å². The topological polar surface area (TPSA) is 81.6 Å². The second-order valence-corrected chi connectivity index (χ2v) is 8.30. The minimum absolute atomic E-state index is 0.198. The van der Waals surface area contributed by atoms with Crippen LogP contribution in [0.1, 0.15) is 21.6 Å². The predicted octanol–water partition coefficient (Wildman–Crippen LogP) is 3.36. The second kappa shape index (κ2) is 8.51.